The lowest BCUT2D eigenvalue weighted by Crippen LogP contribution is -2.36. The molecule has 162 valence electrons. The van der Waals surface area contributed by atoms with Gasteiger partial charge in [-0.1, -0.05) is 18.2 Å². The van der Waals surface area contributed by atoms with Crippen molar-refractivity contribution in [2.45, 2.75) is 65.0 Å². The van der Waals surface area contributed by atoms with Crippen molar-refractivity contribution < 1.29 is 14.3 Å². The average Bonchev–Trinajstić information content (AvgIpc) is 2.68. The molecular formula is C23H32N4O3. The van der Waals surface area contributed by atoms with E-state index in [2.05, 4.69) is 28.1 Å². The van der Waals surface area contributed by atoms with E-state index in [9.17, 15) is 14.9 Å². The summed E-state index contributed by atoms with van der Waals surface area (Å²) < 4.78 is 5.14. The molecule has 0 radical (unpaired) electrons. The van der Waals surface area contributed by atoms with Crippen molar-refractivity contribution in [3.8, 4) is 6.07 Å². The van der Waals surface area contributed by atoms with Crippen molar-refractivity contribution in [3.05, 3.63) is 46.7 Å². The maximum Gasteiger partial charge on any atom is 0.407 e. The largest absolute Gasteiger partial charge is 0.444 e. The number of rotatable bonds is 7. The first-order valence-electron chi connectivity index (χ1n) is 10.4. The fourth-order valence-corrected chi connectivity index (χ4v) is 3.25. The highest BCUT2D eigenvalue weighted by Gasteiger charge is 2.17. The van der Waals surface area contributed by atoms with Crippen LogP contribution in [-0.4, -0.2) is 30.7 Å². The van der Waals surface area contributed by atoms with Crippen LogP contribution >= 0.6 is 0 Å². The summed E-state index contributed by atoms with van der Waals surface area (Å²) in [5, 5.41) is 17.7. The Labute approximate surface area is 178 Å². The van der Waals surface area contributed by atoms with Crippen molar-refractivity contribution in [3.63, 3.8) is 0 Å². The van der Waals surface area contributed by atoms with Gasteiger partial charge in [0.1, 0.15) is 17.2 Å². The molecular weight excluding hydrogens is 380 g/mol. The standard InChI is InChI=1S/C23H32N4O3/c1-16(18-10-9-17-7-5-6-8-19(17)13-18)27-21(28)20(14-24)15-25-11-12-26-22(29)30-23(2,3)4/h9-10,13,15-16,25H,5-8,11-12H2,1-4H3,(H,26,29)(H,27,28)/b20-15-. The normalized spacial score (nSPS) is 14.7. The van der Waals surface area contributed by atoms with Gasteiger partial charge in [0.05, 0.1) is 6.04 Å². The summed E-state index contributed by atoms with van der Waals surface area (Å²) in [6.45, 7) is 7.94. The minimum atomic E-state index is -0.557. The highest BCUT2D eigenvalue weighted by atomic mass is 16.6. The summed E-state index contributed by atoms with van der Waals surface area (Å²) in [5.74, 6) is -0.435. The van der Waals surface area contributed by atoms with E-state index in [1.54, 1.807) is 20.8 Å². The minimum absolute atomic E-state index is 0.0166. The highest BCUT2D eigenvalue weighted by molar-refractivity contribution is 5.97. The zero-order valence-corrected chi connectivity index (χ0v) is 18.3. The Bertz CT molecular complexity index is 834. The van der Waals surface area contributed by atoms with Crippen LogP contribution in [0.4, 0.5) is 4.79 Å². The van der Waals surface area contributed by atoms with E-state index in [1.807, 2.05) is 19.1 Å². The van der Waals surface area contributed by atoms with E-state index in [0.717, 1.165) is 18.4 Å². The summed E-state index contributed by atoms with van der Waals surface area (Å²) in [5.41, 5.74) is 3.21. The van der Waals surface area contributed by atoms with Crippen LogP contribution in [0.15, 0.2) is 30.0 Å². The third-order valence-corrected chi connectivity index (χ3v) is 4.77. The fourth-order valence-electron chi connectivity index (χ4n) is 3.25. The highest BCUT2D eigenvalue weighted by Crippen LogP contribution is 2.24. The molecule has 2 rings (SSSR count). The zero-order valence-electron chi connectivity index (χ0n) is 18.3. The number of benzene rings is 1. The molecule has 0 heterocycles. The predicted octanol–water partition coefficient (Wildman–Crippen LogP) is 3.26. The second-order valence-corrected chi connectivity index (χ2v) is 8.48. The topological polar surface area (TPSA) is 103 Å². The minimum Gasteiger partial charge on any atom is -0.444 e. The van der Waals surface area contributed by atoms with Crippen LogP contribution in [0.3, 0.4) is 0 Å². The number of carbonyl (C=O) groups is 2. The van der Waals surface area contributed by atoms with Gasteiger partial charge in [-0.2, -0.15) is 5.26 Å². The molecule has 1 atom stereocenters. The fraction of sp³-hybridized carbons (Fsp3) is 0.522. The van der Waals surface area contributed by atoms with Crippen molar-refractivity contribution in [2.75, 3.05) is 13.1 Å². The van der Waals surface area contributed by atoms with Crippen LogP contribution in [0.25, 0.3) is 0 Å². The van der Waals surface area contributed by atoms with Gasteiger partial charge in [-0.05, 0) is 70.1 Å². The number of alkyl carbamates (subject to hydrolysis) is 1. The van der Waals surface area contributed by atoms with Gasteiger partial charge in [-0.3, -0.25) is 4.79 Å². The third-order valence-electron chi connectivity index (χ3n) is 4.77. The van der Waals surface area contributed by atoms with E-state index in [1.165, 1.54) is 30.2 Å². The van der Waals surface area contributed by atoms with Gasteiger partial charge in [-0.25, -0.2) is 4.79 Å². The summed E-state index contributed by atoms with van der Waals surface area (Å²) in [6, 6.07) is 8.07. The van der Waals surface area contributed by atoms with Crippen LogP contribution in [0.2, 0.25) is 0 Å². The van der Waals surface area contributed by atoms with Gasteiger partial charge in [0.2, 0.25) is 0 Å². The lowest BCUT2D eigenvalue weighted by atomic mass is 9.89. The molecule has 3 N–H and O–H groups in total. The van der Waals surface area contributed by atoms with E-state index >= 15 is 0 Å². The Hall–Kier alpha value is -3.01. The quantitative estimate of drug-likeness (QED) is 0.362. The van der Waals surface area contributed by atoms with Gasteiger partial charge >= 0.3 is 6.09 Å². The molecule has 0 fully saturated rings. The Morgan fingerprint density at radius 1 is 1.20 bits per heavy atom. The van der Waals surface area contributed by atoms with E-state index in [4.69, 9.17) is 4.74 Å². The van der Waals surface area contributed by atoms with E-state index in [0.29, 0.717) is 13.1 Å². The number of hydrogen-bond acceptors (Lipinski definition) is 5. The molecule has 0 spiro atoms. The maximum atomic E-state index is 12.4. The Balaban J connectivity index is 1.82. The molecule has 1 aliphatic rings. The predicted molar refractivity (Wildman–Crippen MR) is 116 cm³/mol. The van der Waals surface area contributed by atoms with Crippen molar-refractivity contribution >= 4 is 12.0 Å². The van der Waals surface area contributed by atoms with Gasteiger partial charge in [0, 0.05) is 19.3 Å². The van der Waals surface area contributed by atoms with Crippen molar-refractivity contribution in [1.82, 2.24) is 16.0 Å². The number of nitrogens with zero attached hydrogens (tertiary/aromatic N) is 1. The molecule has 30 heavy (non-hydrogen) atoms. The molecule has 0 aromatic heterocycles. The number of ether oxygens (including phenoxy) is 1. The maximum absolute atomic E-state index is 12.4. The van der Waals surface area contributed by atoms with Gasteiger partial charge in [0.15, 0.2) is 0 Å². The second-order valence-electron chi connectivity index (χ2n) is 8.48. The average molecular weight is 413 g/mol. The number of nitriles is 1. The van der Waals surface area contributed by atoms with Crippen LogP contribution < -0.4 is 16.0 Å². The summed E-state index contributed by atoms with van der Waals surface area (Å²) in [7, 11) is 0. The lowest BCUT2D eigenvalue weighted by Gasteiger charge is -2.20. The monoisotopic (exact) mass is 412 g/mol. The third kappa shape index (κ3) is 7.43. The number of fused-ring (bicyclic) bond motifs is 1. The van der Waals surface area contributed by atoms with E-state index < -0.39 is 17.6 Å². The zero-order chi connectivity index (χ0) is 22.1. The summed E-state index contributed by atoms with van der Waals surface area (Å²) in [4.78, 5) is 24.0. The summed E-state index contributed by atoms with van der Waals surface area (Å²) >= 11 is 0. The number of hydrogen-bond donors (Lipinski definition) is 3. The molecule has 0 saturated carbocycles. The number of nitrogens with one attached hydrogen (secondary N) is 3. The van der Waals surface area contributed by atoms with Crippen LogP contribution in [0, 0.1) is 11.3 Å². The van der Waals surface area contributed by atoms with Crippen LogP contribution in [0.5, 0.6) is 0 Å². The number of carbonyl (C=O) groups excluding carboxylic acids is 2. The van der Waals surface area contributed by atoms with Gasteiger partial charge in [0.25, 0.3) is 5.91 Å². The molecule has 0 aliphatic heterocycles. The molecule has 1 aliphatic carbocycles. The first-order chi connectivity index (χ1) is 14.2. The first kappa shape index (κ1) is 23.3. The molecule has 7 heteroatoms. The number of aryl methyl sites for hydroxylation is 2. The lowest BCUT2D eigenvalue weighted by molar-refractivity contribution is -0.117. The molecule has 1 aromatic rings. The molecule has 0 bridgehead atoms. The second kappa shape index (κ2) is 10.7. The van der Waals surface area contributed by atoms with Gasteiger partial charge in [-0.15, -0.1) is 0 Å². The Morgan fingerprint density at radius 3 is 2.57 bits per heavy atom. The van der Waals surface area contributed by atoms with E-state index in [-0.39, 0.29) is 11.6 Å². The molecule has 2 amide bonds. The van der Waals surface area contributed by atoms with Gasteiger partial charge < -0.3 is 20.7 Å². The van der Waals surface area contributed by atoms with Crippen molar-refractivity contribution in [2.24, 2.45) is 0 Å². The van der Waals surface area contributed by atoms with Crippen LogP contribution in [0.1, 0.15) is 63.3 Å². The molecule has 1 aromatic carbocycles. The summed E-state index contributed by atoms with van der Waals surface area (Å²) in [6.07, 6.45) is 5.49. The Morgan fingerprint density at radius 2 is 1.90 bits per heavy atom. The smallest absolute Gasteiger partial charge is 0.407 e. The Kier molecular flexibility index (Phi) is 8.28. The number of amides is 2. The van der Waals surface area contributed by atoms with Crippen LogP contribution in [-0.2, 0) is 22.4 Å². The molecule has 7 nitrogen and oxygen atoms in total. The first-order valence-corrected chi connectivity index (χ1v) is 10.4. The van der Waals surface area contributed by atoms with Crippen molar-refractivity contribution in [1.29, 1.82) is 5.26 Å². The molecule has 0 saturated heterocycles. The molecule has 1 unspecified atom stereocenters. The SMILES string of the molecule is CC(NC(=O)/C(C#N)=C\NCCNC(=O)OC(C)(C)C)c1ccc2c(c1)CCCC2.